The van der Waals surface area contributed by atoms with E-state index in [0.717, 1.165) is 28.3 Å². The van der Waals surface area contributed by atoms with Crippen molar-refractivity contribution in [3.63, 3.8) is 0 Å². The van der Waals surface area contributed by atoms with Crippen LogP contribution in [0.15, 0.2) is 170 Å². The van der Waals surface area contributed by atoms with E-state index in [1.54, 1.807) is 0 Å². The molecule has 0 amide bonds. The first kappa shape index (κ1) is 28.3. The molecule has 8 aromatic rings. The molecular formula is C46H34N2. The Morgan fingerprint density at radius 1 is 0.458 bits per heavy atom. The largest absolute Gasteiger partial charge is 0.311 e. The summed E-state index contributed by atoms with van der Waals surface area (Å²) in [6.07, 6.45) is 1.84. The lowest BCUT2D eigenvalue weighted by atomic mass is 9.81. The van der Waals surface area contributed by atoms with Crippen LogP contribution in [0.3, 0.4) is 0 Å². The lowest BCUT2D eigenvalue weighted by Crippen LogP contribution is -2.15. The number of nitrogens with zero attached hydrogens (tertiary/aromatic N) is 2. The molecule has 0 N–H and O–H groups in total. The van der Waals surface area contributed by atoms with Gasteiger partial charge in [-0.05, 0) is 110 Å². The molecule has 0 saturated heterocycles. The van der Waals surface area contributed by atoms with Crippen molar-refractivity contribution in [3.05, 3.63) is 181 Å². The van der Waals surface area contributed by atoms with E-state index >= 15 is 0 Å². The standard InChI is InChI=1S/C46H34N2/c1-46(2)42-28-27-39-38-13-7-6-10-32(38)19-25-40(39)45(42)41-26-20-34(30-43(41)46)31-15-21-36(22-16-31)48(35-11-4-3-5-12-35)37-23-17-33(18-24-37)44-14-8-9-29-47-44/h3-30H,1-2H3. The monoisotopic (exact) mass is 614 g/mol. The topological polar surface area (TPSA) is 16.1 Å². The Morgan fingerprint density at radius 2 is 1.10 bits per heavy atom. The number of hydrogen-bond donors (Lipinski definition) is 0. The van der Waals surface area contributed by atoms with Crippen LogP contribution in [0, 0.1) is 0 Å². The summed E-state index contributed by atoms with van der Waals surface area (Å²) in [7, 11) is 0. The van der Waals surface area contributed by atoms with Crippen LogP contribution in [0.5, 0.6) is 0 Å². The number of hydrogen-bond acceptors (Lipinski definition) is 2. The van der Waals surface area contributed by atoms with Gasteiger partial charge in [0, 0.05) is 34.2 Å². The zero-order valence-electron chi connectivity index (χ0n) is 27.1. The predicted octanol–water partition coefficient (Wildman–Crippen LogP) is 12.5. The summed E-state index contributed by atoms with van der Waals surface area (Å²) in [4.78, 5) is 6.84. The van der Waals surface area contributed by atoms with Crippen LogP contribution in [-0.4, -0.2) is 4.98 Å². The average molecular weight is 615 g/mol. The van der Waals surface area contributed by atoms with Gasteiger partial charge in [0.1, 0.15) is 0 Å². The number of aromatic nitrogens is 1. The van der Waals surface area contributed by atoms with E-state index in [0.29, 0.717) is 0 Å². The molecule has 0 atom stereocenters. The average Bonchev–Trinajstić information content (AvgIpc) is 3.38. The van der Waals surface area contributed by atoms with Crippen molar-refractivity contribution >= 4 is 38.6 Å². The van der Waals surface area contributed by atoms with Gasteiger partial charge in [-0.15, -0.1) is 0 Å². The molecule has 0 spiro atoms. The maximum absolute atomic E-state index is 4.53. The highest BCUT2D eigenvalue weighted by atomic mass is 15.1. The predicted molar refractivity (Wildman–Crippen MR) is 202 cm³/mol. The van der Waals surface area contributed by atoms with Crippen molar-refractivity contribution in [2.45, 2.75) is 19.3 Å². The Morgan fingerprint density at radius 3 is 1.85 bits per heavy atom. The normalized spacial score (nSPS) is 13.0. The fourth-order valence-electron chi connectivity index (χ4n) is 7.65. The highest BCUT2D eigenvalue weighted by Crippen LogP contribution is 2.52. The molecule has 0 bridgehead atoms. The molecule has 7 aromatic carbocycles. The van der Waals surface area contributed by atoms with Crippen LogP contribution in [0.4, 0.5) is 17.1 Å². The zero-order chi connectivity index (χ0) is 32.2. The molecule has 2 nitrogen and oxygen atoms in total. The lowest BCUT2D eigenvalue weighted by molar-refractivity contribution is 0.661. The van der Waals surface area contributed by atoms with Crippen LogP contribution in [0.1, 0.15) is 25.0 Å². The summed E-state index contributed by atoms with van der Waals surface area (Å²) >= 11 is 0. The zero-order valence-corrected chi connectivity index (χ0v) is 27.1. The smallest absolute Gasteiger partial charge is 0.0701 e. The highest BCUT2D eigenvalue weighted by Gasteiger charge is 2.36. The van der Waals surface area contributed by atoms with E-state index in [1.165, 1.54) is 54.9 Å². The van der Waals surface area contributed by atoms with Crippen LogP contribution in [-0.2, 0) is 5.41 Å². The first-order valence-corrected chi connectivity index (χ1v) is 16.6. The van der Waals surface area contributed by atoms with Crippen LogP contribution >= 0.6 is 0 Å². The molecule has 1 aliphatic rings. The molecule has 0 fully saturated rings. The Labute approximate surface area is 281 Å². The van der Waals surface area contributed by atoms with Crippen molar-refractivity contribution in [2.24, 2.45) is 0 Å². The number of pyridine rings is 1. The Kier molecular flexibility index (Phi) is 6.51. The molecule has 2 heteroatoms. The van der Waals surface area contributed by atoms with Gasteiger partial charge in [0.2, 0.25) is 0 Å². The maximum Gasteiger partial charge on any atom is 0.0701 e. The van der Waals surface area contributed by atoms with Gasteiger partial charge in [-0.1, -0.05) is 123 Å². The Hall–Kier alpha value is -5.99. The van der Waals surface area contributed by atoms with Crippen molar-refractivity contribution in [1.82, 2.24) is 4.98 Å². The number of fused-ring (bicyclic) bond motifs is 7. The summed E-state index contributed by atoms with van der Waals surface area (Å²) in [6.45, 7) is 4.74. The van der Waals surface area contributed by atoms with Crippen molar-refractivity contribution < 1.29 is 0 Å². The van der Waals surface area contributed by atoms with E-state index in [9.17, 15) is 0 Å². The Bertz CT molecular complexity index is 2440. The third kappa shape index (κ3) is 4.52. The second kappa shape index (κ2) is 11.1. The third-order valence-corrected chi connectivity index (χ3v) is 10.1. The molecular weight excluding hydrogens is 581 g/mol. The molecule has 48 heavy (non-hydrogen) atoms. The quantitative estimate of drug-likeness (QED) is 0.179. The van der Waals surface area contributed by atoms with Crippen LogP contribution in [0.25, 0.3) is 55.1 Å². The number of rotatable bonds is 5. The molecule has 0 saturated carbocycles. The number of anilines is 3. The fraction of sp³-hybridized carbons (Fsp3) is 0.0652. The molecule has 0 unspecified atom stereocenters. The van der Waals surface area contributed by atoms with E-state index < -0.39 is 0 Å². The summed E-state index contributed by atoms with van der Waals surface area (Å²) < 4.78 is 0. The minimum absolute atomic E-state index is 0.0913. The van der Waals surface area contributed by atoms with E-state index in [2.05, 4.69) is 169 Å². The minimum atomic E-state index is -0.0913. The number of benzene rings is 7. The molecule has 1 aromatic heterocycles. The van der Waals surface area contributed by atoms with Crippen molar-refractivity contribution in [1.29, 1.82) is 0 Å². The van der Waals surface area contributed by atoms with Gasteiger partial charge in [0.15, 0.2) is 0 Å². The van der Waals surface area contributed by atoms with Gasteiger partial charge in [-0.2, -0.15) is 0 Å². The molecule has 1 aliphatic carbocycles. The fourth-order valence-corrected chi connectivity index (χ4v) is 7.65. The van der Waals surface area contributed by atoms with E-state index in [-0.39, 0.29) is 5.41 Å². The van der Waals surface area contributed by atoms with Gasteiger partial charge >= 0.3 is 0 Å². The van der Waals surface area contributed by atoms with Gasteiger partial charge in [-0.25, -0.2) is 0 Å². The SMILES string of the molecule is CC1(C)c2cc(-c3ccc(N(c4ccccc4)c4ccc(-c5ccccn5)cc4)cc3)ccc2-c2c1ccc1c2ccc2ccccc21. The molecule has 0 aliphatic heterocycles. The van der Waals surface area contributed by atoms with Crippen molar-refractivity contribution in [3.8, 4) is 33.5 Å². The number of para-hydroxylation sites is 1. The van der Waals surface area contributed by atoms with Crippen LogP contribution < -0.4 is 4.90 Å². The highest BCUT2D eigenvalue weighted by molar-refractivity contribution is 6.14. The maximum atomic E-state index is 4.53. The van der Waals surface area contributed by atoms with Gasteiger partial charge in [-0.3, -0.25) is 4.98 Å². The Balaban J connectivity index is 1.09. The molecule has 228 valence electrons. The second-order valence-corrected chi connectivity index (χ2v) is 13.2. The van der Waals surface area contributed by atoms with Crippen molar-refractivity contribution in [2.75, 3.05) is 4.90 Å². The summed E-state index contributed by atoms with van der Waals surface area (Å²) in [5.41, 5.74) is 13.3. The first-order chi connectivity index (χ1) is 23.6. The van der Waals surface area contributed by atoms with Crippen LogP contribution in [0.2, 0.25) is 0 Å². The molecule has 0 radical (unpaired) electrons. The third-order valence-electron chi connectivity index (χ3n) is 10.1. The van der Waals surface area contributed by atoms with Gasteiger partial charge < -0.3 is 4.90 Å². The molecule has 1 heterocycles. The summed E-state index contributed by atoms with van der Waals surface area (Å²) in [5.74, 6) is 0. The summed E-state index contributed by atoms with van der Waals surface area (Å²) in [6, 6.07) is 59.3. The minimum Gasteiger partial charge on any atom is -0.311 e. The van der Waals surface area contributed by atoms with E-state index in [1.807, 2.05) is 24.4 Å². The van der Waals surface area contributed by atoms with Gasteiger partial charge in [0.05, 0.1) is 5.69 Å². The van der Waals surface area contributed by atoms with E-state index in [4.69, 9.17) is 0 Å². The summed E-state index contributed by atoms with van der Waals surface area (Å²) in [5, 5.41) is 5.26. The molecule has 9 rings (SSSR count). The van der Waals surface area contributed by atoms with Gasteiger partial charge in [0.25, 0.3) is 0 Å². The first-order valence-electron chi connectivity index (χ1n) is 16.6. The lowest BCUT2D eigenvalue weighted by Gasteiger charge is -2.26. The second-order valence-electron chi connectivity index (χ2n) is 13.2.